The molecule has 4 heteroatoms. The van der Waals surface area contributed by atoms with Gasteiger partial charge < -0.3 is 0 Å². The van der Waals surface area contributed by atoms with E-state index >= 15 is 0 Å². The average Bonchev–Trinajstić information content (AvgIpc) is 2.30. The Morgan fingerprint density at radius 3 is 2.50 bits per heavy atom. The molecule has 1 amide bonds. The molecule has 0 fully saturated rings. The van der Waals surface area contributed by atoms with Gasteiger partial charge in [-0.2, -0.15) is 0 Å². The SMILES string of the molecule is C=C(Cl)SN(Cc1cccc(C)c1)C(C)=O.CC. The summed E-state index contributed by atoms with van der Waals surface area (Å²) in [4.78, 5) is 11.4. The molecule has 0 saturated heterocycles. The maximum absolute atomic E-state index is 11.4. The largest absolute Gasteiger partial charge is 0.277 e. The molecule has 0 heterocycles. The zero-order valence-electron chi connectivity index (χ0n) is 11.4. The van der Waals surface area contributed by atoms with E-state index in [9.17, 15) is 4.79 Å². The second-order valence-corrected chi connectivity index (χ2v) is 5.29. The van der Waals surface area contributed by atoms with Crippen molar-refractivity contribution < 1.29 is 4.79 Å². The van der Waals surface area contributed by atoms with Crippen LogP contribution in [0.5, 0.6) is 0 Å². The van der Waals surface area contributed by atoms with E-state index in [2.05, 4.69) is 6.58 Å². The molecule has 0 aliphatic rings. The Balaban J connectivity index is 0.00000137. The summed E-state index contributed by atoms with van der Waals surface area (Å²) in [5.41, 5.74) is 2.26. The summed E-state index contributed by atoms with van der Waals surface area (Å²) in [5, 5.41) is 0. The van der Waals surface area contributed by atoms with Crippen molar-refractivity contribution in [1.29, 1.82) is 0 Å². The maximum Gasteiger partial charge on any atom is 0.229 e. The van der Waals surface area contributed by atoms with Crippen LogP contribution in [0, 0.1) is 6.92 Å². The standard InChI is InChI=1S/C12H14ClNOS.C2H6/c1-9-5-4-6-12(7-9)8-14(11(3)15)16-10(2)13;1-2/h4-7H,2,8H2,1,3H3;1-2H3. The Labute approximate surface area is 119 Å². The fourth-order valence-electron chi connectivity index (χ4n) is 1.30. The summed E-state index contributed by atoms with van der Waals surface area (Å²) in [6.45, 7) is 11.6. The first-order valence-electron chi connectivity index (χ1n) is 5.85. The van der Waals surface area contributed by atoms with Crippen molar-refractivity contribution in [2.24, 2.45) is 0 Å². The lowest BCUT2D eigenvalue weighted by molar-refractivity contribution is -0.124. The number of benzene rings is 1. The summed E-state index contributed by atoms with van der Waals surface area (Å²) in [6, 6.07) is 8.03. The highest BCUT2D eigenvalue weighted by Gasteiger charge is 2.11. The number of amides is 1. The van der Waals surface area contributed by atoms with Gasteiger partial charge in [-0.1, -0.05) is 61.9 Å². The topological polar surface area (TPSA) is 20.3 Å². The van der Waals surface area contributed by atoms with E-state index in [4.69, 9.17) is 11.6 Å². The minimum atomic E-state index is -0.0340. The van der Waals surface area contributed by atoms with Crippen molar-refractivity contribution in [3.8, 4) is 0 Å². The van der Waals surface area contributed by atoms with E-state index in [1.165, 1.54) is 12.5 Å². The molecule has 0 aliphatic carbocycles. The fraction of sp³-hybridized carbons (Fsp3) is 0.357. The molecule has 0 unspecified atom stereocenters. The van der Waals surface area contributed by atoms with Crippen molar-refractivity contribution in [2.75, 3.05) is 0 Å². The molecule has 0 saturated carbocycles. The Hall–Kier alpha value is -0.930. The van der Waals surface area contributed by atoms with Crippen LogP contribution < -0.4 is 0 Å². The number of carbonyl (C=O) groups is 1. The van der Waals surface area contributed by atoms with Crippen LogP contribution in [0.15, 0.2) is 35.2 Å². The highest BCUT2D eigenvalue weighted by molar-refractivity contribution is 8.02. The van der Waals surface area contributed by atoms with Gasteiger partial charge in [-0.15, -0.1) is 0 Å². The van der Waals surface area contributed by atoms with Crippen LogP contribution in [0.2, 0.25) is 0 Å². The molecule has 18 heavy (non-hydrogen) atoms. The van der Waals surface area contributed by atoms with Crippen molar-refractivity contribution in [3.63, 3.8) is 0 Å². The van der Waals surface area contributed by atoms with Gasteiger partial charge in [-0.25, -0.2) is 0 Å². The summed E-state index contributed by atoms with van der Waals surface area (Å²) in [5.74, 6) is -0.0340. The van der Waals surface area contributed by atoms with Gasteiger partial charge in [0, 0.05) is 18.9 Å². The maximum atomic E-state index is 11.4. The van der Waals surface area contributed by atoms with E-state index in [0.717, 1.165) is 17.5 Å². The molecule has 0 spiro atoms. The zero-order chi connectivity index (χ0) is 14.1. The van der Waals surface area contributed by atoms with Gasteiger partial charge in [0.15, 0.2) is 0 Å². The molecule has 0 N–H and O–H groups in total. The van der Waals surface area contributed by atoms with Crippen LogP contribution in [0.1, 0.15) is 31.9 Å². The molecule has 2 nitrogen and oxygen atoms in total. The Morgan fingerprint density at radius 1 is 1.44 bits per heavy atom. The molecule has 1 rings (SSSR count). The molecular weight excluding hydrogens is 266 g/mol. The lowest BCUT2D eigenvalue weighted by atomic mass is 10.1. The smallest absolute Gasteiger partial charge is 0.229 e. The van der Waals surface area contributed by atoms with Gasteiger partial charge >= 0.3 is 0 Å². The Kier molecular flexibility index (Phi) is 8.59. The van der Waals surface area contributed by atoms with Crippen LogP contribution in [-0.2, 0) is 11.3 Å². The van der Waals surface area contributed by atoms with Gasteiger partial charge in [-0.3, -0.25) is 9.10 Å². The molecule has 1 aromatic rings. The van der Waals surface area contributed by atoms with Gasteiger partial charge in [0.1, 0.15) is 0 Å². The third kappa shape index (κ3) is 6.72. The van der Waals surface area contributed by atoms with Gasteiger partial charge in [0.2, 0.25) is 5.91 Å². The second kappa shape index (κ2) is 9.06. The lowest BCUT2D eigenvalue weighted by Crippen LogP contribution is -2.20. The van der Waals surface area contributed by atoms with Crippen LogP contribution >= 0.6 is 23.5 Å². The highest BCUT2D eigenvalue weighted by Crippen LogP contribution is 2.24. The van der Waals surface area contributed by atoms with Crippen molar-refractivity contribution >= 4 is 29.5 Å². The van der Waals surface area contributed by atoms with Gasteiger partial charge in [0.25, 0.3) is 0 Å². The Bertz CT molecular complexity index is 407. The summed E-state index contributed by atoms with van der Waals surface area (Å²) in [7, 11) is 0. The lowest BCUT2D eigenvalue weighted by Gasteiger charge is -2.18. The molecule has 0 aliphatic heterocycles. The number of carbonyl (C=O) groups excluding carboxylic acids is 1. The first kappa shape index (κ1) is 17.1. The fourth-order valence-corrected chi connectivity index (χ4v) is 2.13. The number of hydrogen-bond acceptors (Lipinski definition) is 2. The van der Waals surface area contributed by atoms with Gasteiger partial charge in [0.05, 0.1) is 10.9 Å². The molecule has 100 valence electrons. The predicted molar refractivity (Wildman–Crippen MR) is 81.3 cm³/mol. The first-order chi connectivity index (χ1) is 8.49. The van der Waals surface area contributed by atoms with E-state index in [-0.39, 0.29) is 5.91 Å². The van der Waals surface area contributed by atoms with Crippen LogP contribution in [0.4, 0.5) is 0 Å². The third-order valence-corrected chi connectivity index (χ3v) is 2.98. The van der Waals surface area contributed by atoms with E-state index in [1.807, 2.05) is 45.0 Å². The quantitative estimate of drug-likeness (QED) is 0.746. The molecule has 0 aromatic heterocycles. The molecule has 1 aromatic carbocycles. The third-order valence-electron chi connectivity index (χ3n) is 1.97. The van der Waals surface area contributed by atoms with Crippen molar-refractivity contribution in [1.82, 2.24) is 4.31 Å². The number of halogens is 1. The monoisotopic (exact) mass is 285 g/mol. The van der Waals surface area contributed by atoms with E-state index in [1.54, 1.807) is 4.31 Å². The molecule has 0 atom stereocenters. The van der Waals surface area contributed by atoms with Gasteiger partial charge in [-0.05, 0) is 12.5 Å². The number of rotatable bonds is 4. The van der Waals surface area contributed by atoms with Crippen molar-refractivity contribution in [3.05, 3.63) is 46.3 Å². The summed E-state index contributed by atoms with van der Waals surface area (Å²) >= 11 is 6.85. The summed E-state index contributed by atoms with van der Waals surface area (Å²) in [6.07, 6.45) is 0. The highest BCUT2D eigenvalue weighted by atomic mass is 35.5. The Morgan fingerprint density at radius 2 is 2.06 bits per heavy atom. The molecule has 0 bridgehead atoms. The van der Waals surface area contributed by atoms with Crippen LogP contribution in [0.25, 0.3) is 0 Å². The molecule has 0 radical (unpaired) electrons. The minimum absolute atomic E-state index is 0.0340. The van der Waals surface area contributed by atoms with E-state index in [0.29, 0.717) is 10.9 Å². The van der Waals surface area contributed by atoms with Crippen LogP contribution in [0.3, 0.4) is 0 Å². The molecular formula is C14H20ClNOS. The van der Waals surface area contributed by atoms with Crippen LogP contribution in [-0.4, -0.2) is 10.2 Å². The average molecular weight is 286 g/mol. The first-order valence-corrected chi connectivity index (χ1v) is 7.00. The van der Waals surface area contributed by atoms with E-state index < -0.39 is 0 Å². The number of hydrogen-bond donors (Lipinski definition) is 0. The second-order valence-electron chi connectivity index (χ2n) is 3.49. The normalized spacial score (nSPS) is 9.17. The number of nitrogens with zero attached hydrogens (tertiary/aromatic N) is 1. The predicted octanol–water partition coefficient (Wildman–Crippen LogP) is 4.73. The number of aryl methyl sites for hydroxylation is 1. The summed E-state index contributed by atoms with van der Waals surface area (Å²) < 4.78 is 1.98. The minimum Gasteiger partial charge on any atom is -0.277 e. The zero-order valence-corrected chi connectivity index (χ0v) is 12.9. The van der Waals surface area contributed by atoms with Crippen molar-refractivity contribution in [2.45, 2.75) is 34.2 Å².